The Morgan fingerprint density at radius 1 is 1.26 bits per heavy atom. The molecule has 0 spiro atoms. The fourth-order valence-electron chi connectivity index (χ4n) is 3.55. The van der Waals surface area contributed by atoms with Crippen molar-refractivity contribution in [2.24, 2.45) is 0 Å². The van der Waals surface area contributed by atoms with Crippen molar-refractivity contribution in [3.63, 3.8) is 0 Å². The zero-order valence-electron chi connectivity index (χ0n) is 15.9. The maximum atomic E-state index is 13.9. The van der Waals surface area contributed by atoms with Gasteiger partial charge < -0.3 is 9.84 Å². The Morgan fingerprint density at radius 3 is 2.74 bits per heavy atom. The molecule has 1 atom stereocenters. The van der Waals surface area contributed by atoms with Gasteiger partial charge in [0.05, 0.1) is 36.3 Å². The number of aryl methyl sites for hydroxylation is 1. The molecule has 27 heavy (non-hydrogen) atoms. The maximum absolute atomic E-state index is 13.9. The summed E-state index contributed by atoms with van der Waals surface area (Å²) in [5.74, 6) is 0.396. The third-order valence-corrected chi connectivity index (χ3v) is 4.66. The van der Waals surface area contributed by atoms with Crippen molar-refractivity contribution >= 4 is 0 Å². The molecular weight excluding hydrogens is 347 g/mol. The van der Waals surface area contributed by atoms with Crippen LogP contribution in [0.2, 0.25) is 0 Å². The third kappa shape index (κ3) is 3.35. The van der Waals surface area contributed by atoms with E-state index in [9.17, 15) is 9.50 Å². The summed E-state index contributed by atoms with van der Waals surface area (Å²) in [6, 6.07) is 8.22. The molecule has 1 aliphatic rings. The van der Waals surface area contributed by atoms with Crippen LogP contribution in [-0.2, 0) is 13.1 Å². The fraction of sp³-hybridized carbons (Fsp3) is 0.400. The smallest absolute Gasteiger partial charge is 0.212 e. The van der Waals surface area contributed by atoms with Gasteiger partial charge in [0, 0.05) is 11.6 Å². The number of aliphatic hydroxyl groups is 1. The Kier molecular flexibility index (Phi) is 4.07. The number of rotatable bonds is 4. The van der Waals surface area contributed by atoms with Crippen LogP contribution in [0.3, 0.4) is 0 Å². The van der Waals surface area contributed by atoms with E-state index in [2.05, 4.69) is 10.2 Å². The van der Waals surface area contributed by atoms with Gasteiger partial charge in [0.1, 0.15) is 11.4 Å². The molecule has 0 saturated heterocycles. The summed E-state index contributed by atoms with van der Waals surface area (Å²) in [4.78, 5) is 0. The number of aliphatic hydroxyl groups excluding tert-OH is 1. The molecule has 0 unspecified atom stereocenters. The van der Waals surface area contributed by atoms with Gasteiger partial charge in [0.15, 0.2) is 0 Å². The average molecular weight is 370 g/mol. The number of fused-ring (bicyclic) bond motifs is 1. The van der Waals surface area contributed by atoms with Crippen molar-refractivity contribution in [2.45, 2.75) is 52.5 Å². The number of aromatic nitrogens is 4. The molecule has 0 amide bonds. The largest absolute Gasteiger partial charge is 0.470 e. The lowest BCUT2D eigenvalue weighted by atomic mass is 10.00. The van der Waals surface area contributed by atoms with Crippen molar-refractivity contribution in [3.8, 4) is 17.1 Å². The normalized spacial score (nSPS) is 16.2. The molecule has 142 valence electrons. The molecule has 3 heterocycles. The molecule has 4 rings (SSSR count). The number of hydrogen-bond acceptors (Lipinski definition) is 4. The van der Waals surface area contributed by atoms with E-state index in [1.165, 1.54) is 12.1 Å². The van der Waals surface area contributed by atoms with Crippen LogP contribution in [-0.4, -0.2) is 30.3 Å². The second-order valence-corrected chi connectivity index (χ2v) is 7.73. The van der Waals surface area contributed by atoms with E-state index in [0.29, 0.717) is 24.2 Å². The molecule has 1 aliphatic heterocycles. The Morgan fingerprint density at radius 2 is 2.04 bits per heavy atom. The molecule has 0 fully saturated rings. The van der Waals surface area contributed by atoms with Gasteiger partial charge >= 0.3 is 0 Å². The first kappa shape index (κ1) is 17.7. The molecule has 7 heteroatoms. The van der Waals surface area contributed by atoms with Crippen molar-refractivity contribution in [2.75, 3.05) is 0 Å². The first-order valence-electron chi connectivity index (χ1n) is 9.00. The Labute approximate surface area is 157 Å². The van der Waals surface area contributed by atoms with E-state index in [1.807, 2.05) is 37.6 Å². The quantitative estimate of drug-likeness (QED) is 0.764. The zero-order valence-corrected chi connectivity index (χ0v) is 15.9. The number of benzene rings is 1. The molecule has 0 bridgehead atoms. The lowest BCUT2D eigenvalue weighted by Gasteiger charge is -2.16. The lowest BCUT2D eigenvalue weighted by Crippen LogP contribution is -2.26. The minimum absolute atomic E-state index is 0.248. The minimum Gasteiger partial charge on any atom is -0.470 e. The topological polar surface area (TPSA) is 65.1 Å². The van der Waals surface area contributed by atoms with Crippen LogP contribution in [0.15, 0.2) is 30.3 Å². The highest BCUT2D eigenvalue weighted by Gasteiger charge is 2.31. The van der Waals surface area contributed by atoms with E-state index >= 15 is 0 Å². The van der Waals surface area contributed by atoms with Crippen LogP contribution < -0.4 is 4.74 Å². The number of ether oxygens (including phenoxy) is 1. The summed E-state index contributed by atoms with van der Waals surface area (Å²) in [5, 5.41) is 19.2. The van der Waals surface area contributed by atoms with Gasteiger partial charge in [-0.3, -0.25) is 4.68 Å². The van der Waals surface area contributed by atoms with Crippen LogP contribution in [0.25, 0.3) is 11.3 Å². The Hall–Kier alpha value is -2.67. The summed E-state index contributed by atoms with van der Waals surface area (Å²) in [6.45, 7) is 8.74. The third-order valence-electron chi connectivity index (χ3n) is 4.66. The first-order valence-corrected chi connectivity index (χ1v) is 9.00. The van der Waals surface area contributed by atoms with E-state index in [0.717, 1.165) is 23.0 Å². The molecule has 2 aromatic heterocycles. The molecule has 0 aliphatic carbocycles. The van der Waals surface area contributed by atoms with Gasteiger partial charge in [0.25, 0.3) is 0 Å². The van der Waals surface area contributed by atoms with Crippen LogP contribution in [0, 0.1) is 12.7 Å². The molecule has 0 saturated carbocycles. The van der Waals surface area contributed by atoms with Crippen LogP contribution >= 0.6 is 0 Å². The first-order chi connectivity index (χ1) is 12.7. The summed E-state index contributed by atoms with van der Waals surface area (Å²) in [7, 11) is 0. The van der Waals surface area contributed by atoms with E-state index in [4.69, 9.17) is 4.74 Å². The zero-order chi connectivity index (χ0) is 19.3. The molecule has 3 aromatic rings. The lowest BCUT2D eigenvalue weighted by molar-refractivity contribution is 0.135. The molecule has 6 nitrogen and oxygen atoms in total. The molecular formula is C20H23FN4O2. The predicted octanol–water partition coefficient (Wildman–Crippen LogP) is 3.47. The highest BCUT2D eigenvalue weighted by atomic mass is 19.1. The van der Waals surface area contributed by atoms with E-state index < -0.39 is 6.10 Å². The van der Waals surface area contributed by atoms with Crippen LogP contribution in [0.1, 0.15) is 43.8 Å². The van der Waals surface area contributed by atoms with Crippen LogP contribution in [0.5, 0.6) is 5.88 Å². The van der Waals surface area contributed by atoms with Crippen molar-refractivity contribution in [1.82, 2.24) is 19.6 Å². The van der Waals surface area contributed by atoms with E-state index in [1.54, 1.807) is 17.7 Å². The monoisotopic (exact) mass is 370 g/mol. The molecule has 0 radical (unpaired) electrons. The van der Waals surface area contributed by atoms with Gasteiger partial charge in [-0.25, -0.2) is 9.07 Å². The van der Waals surface area contributed by atoms with Crippen molar-refractivity contribution in [3.05, 3.63) is 53.1 Å². The van der Waals surface area contributed by atoms with Gasteiger partial charge in [-0.05, 0) is 51.5 Å². The predicted molar refractivity (Wildman–Crippen MR) is 99.0 cm³/mol. The fourth-order valence-corrected chi connectivity index (χ4v) is 3.55. The summed E-state index contributed by atoms with van der Waals surface area (Å²) in [6.07, 6.45) is -0.712. The molecule has 1 N–H and O–H groups in total. The average Bonchev–Trinajstić information content (AvgIpc) is 3.17. The number of halogens is 1. The van der Waals surface area contributed by atoms with Gasteiger partial charge in [-0.15, -0.1) is 0 Å². The number of nitrogens with zero attached hydrogens (tertiary/aromatic N) is 4. The Balaban J connectivity index is 1.71. The van der Waals surface area contributed by atoms with Gasteiger partial charge in [-0.1, -0.05) is 6.07 Å². The summed E-state index contributed by atoms with van der Waals surface area (Å²) < 4.78 is 23.4. The maximum Gasteiger partial charge on any atom is 0.212 e. The second-order valence-electron chi connectivity index (χ2n) is 7.73. The van der Waals surface area contributed by atoms with Crippen LogP contribution in [0.4, 0.5) is 4.39 Å². The second kappa shape index (κ2) is 6.20. The SMILES string of the molecule is Cc1cc(-c2cc(F)ccc2[C@H](C)O)n(Cc2cc3n(n2)CC(C)(C)O3)n1. The standard InChI is InChI=1S/C20H23FN4O2/c1-12-7-18(17-8-14(21)5-6-16(17)13(2)26)24(22-12)10-15-9-19-25(23-15)11-20(3,4)27-19/h5-9,13,26H,10-11H2,1-4H3/t13-/m0/s1. The highest BCUT2D eigenvalue weighted by Crippen LogP contribution is 2.32. The highest BCUT2D eigenvalue weighted by molar-refractivity contribution is 5.65. The van der Waals surface area contributed by atoms with Gasteiger partial charge in [0.2, 0.25) is 5.88 Å². The number of hydrogen-bond donors (Lipinski definition) is 1. The van der Waals surface area contributed by atoms with Crippen molar-refractivity contribution < 1.29 is 14.2 Å². The van der Waals surface area contributed by atoms with Gasteiger partial charge in [-0.2, -0.15) is 10.2 Å². The van der Waals surface area contributed by atoms with E-state index in [-0.39, 0.29) is 11.4 Å². The Bertz CT molecular complexity index is 978. The summed E-state index contributed by atoms with van der Waals surface area (Å²) >= 11 is 0. The molecule has 1 aromatic carbocycles. The minimum atomic E-state index is -0.712. The van der Waals surface area contributed by atoms with Crippen molar-refractivity contribution in [1.29, 1.82) is 0 Å². The summed E-state index contributed by atoms with van der Waals surface area (Å²) in [5.41, 5.74) is 3.43.